The number of hydrogen-bond donors (Lipinski definition) is 3. The second-order valence-electron chi connectivity index (χ2n) is 16.5. The first-order valence-corrected chi connectivity index (χ1v) is 21.2. The largest absolute Gasteiger partial charge is 0.483 e. The van der Waals surface area contributed by atoms with E-state index in [0.29, 0.717) is 61.4 Å². The molecule has 13 nitrogen and oxygen atoms in total. The minimum Gasteiger partial charge on any atom is -0.483 e. The number of rotatable bonds is 5. The van der Waals surface area contributed by atoms with Gasteiger partial charge in [-0.2, -0.15) is 0 Å². The van der Waals surface area contributed by atoms with Gasteiger partial charge in [-0.25, -0.2) is 18.2 Å². The SMILES string of the molecule is Cc1nc2cc(Cl)ccc2c2c1O[C@]1(CC2)C[C@H]2C(=O)N[C@]3(C(=O)NS(=O)(=O)C4(C)CC4)C[C@H]3/C=C\CCCCC[C@H](NC(=O)OC3CCC3)C(=O)N2C1. The van der Waals surface area contributed by atoms with Crippen molar-refractivity contribution in [1.29, 1.82) is 0 Å². The third-order valence-corrected chi connectivity index (χ3v) is 14.9. The molecule has 3 aliphatic heterocycles. The van der Waals surface area contributed by atoms with Crippen molar-refractivity contribution in [2.45, 2.75) is 138 Å². The number of ether oxygens (including phenoxy) is 2. The van der Waals surface area contributed by atoms with Crippen LogP contribution in [0.4, 0.5) is 4.79 Å². The molecule has 4 heterocycles. The van der Waals surface area contributed by atoms with Crippen LogP contribution in [0.3, 0.4) is 0 Å². The zero-order chi connectivity index (χ0) is 38.0. The van der Waals surface area contributed by atoms with Gasteiger partial charge in [0, 0.05) is 28.3 Å². The number of nitrogens with zero attached hydrogens (tertiary/aromatic N) is 2. The molecule has 1 saturated heterocycles. The molecule has 0 bridgehead atoms. The van der Waals surface area contributed by atoms with E-state index < -0.39 is 67.7 Å². The quantitative estimate of drug-likeness (QED) is 0.357. The van der Waals surface area contributed by atoms with Gasteiger partial charge in [0.2, 0.25) is 21.8 Å². The monoisotopic (exact) mass is 781 g/mol. The molecule has 5 atom stereocenters. The first kappa shape index (κ1) is 37.0. The first-order valence-electron chi connectivity index (χ1n) is 19.3. The summed E-state index contributed by atoms with van der Waals surface area (Å²) in [4.78, 5) is 62.5. The first-order chi connectivity index (χ1) is 25.7. The van der Waals surface area contributed by atoms with Crippen LogP contribution in [0.15, 0.2) is 30.4 Å². The molecule has 0 unspecified atom stereocenters. The third-order valence-electron chi connectivity index (χ3n) is 12.6. The maximum Gasteiger partial charge on any atom is 0.408 e. The Morgan fingerprint density at radius 1 is 1.07 bits per heavy atom. The van der Waals surface area contributed by atoms with Gasteiger partial charge in [0.05, 0.1) is 22.5 Å². The standard InChI is InChI=1S/C39H48ClN5O8S/c1-23-32-28(27-14-13-25(40)19-30(27)41-23)15-16-38(53-32)21-31-33(46)43-39(35(48)44-54(50,51)37(2)17-18-37)20-24(39)9-6-4-3-5-7-12-29(34(47)45(31)22-38)42-36(49)52-26-10-8-11-26/h6,9,13-14,19,24,26,29,31H,3-5,7-8,10-12,15-18,20-22H2,1-2H3,(H,42,49)(H,43,46)(H,44,48)/b9-6-/t24-,29+,31+,38-,39-/m1/s1. The van der Waals surface area contributed by atoms with Crippen molar-refractivity contribution in [2.75, 3.05) is 6.54 Å². The number of hydrogen-bond acceptors (Lipinski definition) is 9. The van der Waals surface area contributed by atoms with Gasteiger partial charge in [0.15, 0.2) is 0 Å². The number of benzene rings is 1. The number of amides is 4. The highest BCUT2D eigenvalue weighted by molar-refractivity contribution is 7.91. The Bertz CT molecular complexity index is 2050. The zero-order valence-corrected chi connectivity index (χ0v) is 32.3. The fourth-order valence-corrected chi connectivity index (χ4v) is 9.96. The molecule has 4 amide bonds. The van der Waals surface area contributed by atoms with Crippen molar-refractivity contribution in [3.8, 4) is 5.75 Å². The van der Waals surface area contributed by atoms with Gasteiger partial charge in [-0.1, -0.05) is 42.7 Å². The average molecular weight is 782 g/mol. The summed E-state index contributed by atoms with van der Waals surface area (Å²) in [6.07, 6.45) is 11.2. The van der Waals surface area contributed by atoms with Crippen LogP contribution in [0.5, 0.6) is 5.75 Å². The molecule has 1 spiro atoms. The number of carbonyl (C=O) groups is 4. The van der Waals surface area contributed by atoms with E-state index in [1.54, 1.807) is 6.92 Å². The van der Waals surface area contributed by atoms with Gasteiger partial charge < -0.3 is 25.0 Å². The zero-order valence-electron chi connectivity index (χ0n) is 30.7. The Morgan fingerprint density at radius 2 is 1.87 bits per heavy atom. The fourth-order valence-electron chi connectivity index (χ4n) is 8.48. The number of nitrogens with one attached hydrogen (secondary N) is 3. The van der Waals surface area contributed by atoms with Crippen molar-refractivity contribution in [2.24, 2.45) is 5.92 Å². The van der Waals surface area contributed by atoms with Crippen LogP contribution < -0.4 is 20.1 Å². The van der Waals surface area contributed by atoms with E-state index in [2.05, 4.69) is 15.4 Å². The highest BCUT2D eigenvalue weighted by atomic mass is 35.5. The Kier molecular flexibility index (Phi) is 9.38. The van der Waals surface area contributed by atoms with Gasteiger partial charge in [-0.3, -0.25) is 19.1 Å². The maximum absolute atomic E-state index is 14.7. The van der Waals surface area contributed by atoms with Gasteiger partial charge in [0.1, 0.15) is 35.1 Å². The van der Waals surface area contributed by atoms with E-state index in [1.807, 2.05) is 37.3 Å². The average Bonchev–Trinajstić information content (AvgIpc) is 4.00. The molecule has 0 radical (unpaired) electrons. The van der Waals surface area contributed by atoms with Crippen LogP contribution in [0.2, 0.25) is 5.02 Å². The number of fused-ring (bicyclic) bond motifs is 5. The number of pyridine rings is 1. The molecule has 1 aromatic heterocycles. The molecular formula is C39H48ClN5O8S. The molecule has 3 aliphatic carbocycles. The van der Waals surface area contributed by atoms with Crippen molar-refractivity contribution in [3.63, 3.8) is 0 Å². The Labute approximate surface area is 320 Å². The molecule has 8 rings (SSSR count). The maximum atomic E-state index is 14.7. The highest BCUT2D eigenvalue weighted by Gasteiger charge is 2.64. The van der Waals surface area contributed by atoms with Crippen LogP contribution in [-0.4, -0.2) is 82.7 Å². The van der Waals surface area contributed by atoms with Gasteiger partial charge in [-0.15, -0.1) is 0 Å². The molecule has 290 valence electrons. The summed E-state index contributed by atoms with van der Waals surface area (Å²) in [6, 6.07) is 3.53. The summed E-state index contributed by atoms with van der Waals surface area (Å²) in [7, 11) is -3.98. The van der Waals surface area contributed by atoms with E-state index in [-0.39, 0.29) is 25.5 Å². The van der Waals surface area contributed by atoms with Crippen molar-refractivity contribution < 1.29 is 37.1 Å². The van der Waals surface area contributed by atoms with Crippen LogP contribution in [0, 0.1) is 12.8 Å². The molecule has 15 heteroatoms. The molecule has 2 aromatic rings. The number of carbonyl (C=O) groups excluding carboxylic acids is 4. The van der Waals surface area contributed by atoms with Crippen molar-refractivity contribution in [1.82, 2.24) is 25.2 Å². The summed E-state index contributed by atoms with van der Waals surface area (Å²) in [5.41, 5.74) is -0.0780. The Hall–Kier alpha value is -3.91. The molecular weight excluding hydrogens is 734 g/mol. The van der Waals surface area contributed by atoms with E-state index in [0.717, 1.165) is 48.6 Å². The van der Waals surface area contributed by atoms with E-state index >= 15 is 0 Å². The number of aryl methyl sites for hydroxylation is 2. The second kappa shape index (κ2) is 13.7. The van der Waals surface area contributed by atoms with E-state index in [1.165, 1.54) is 4.90 Å². The second-order valence-corrected chi connectivity index (χ2v) is 19.1. The Morgan fingerprint density at radius 3 is 2.61 bits per heavy atom. The Balaban J connectivity index is 1.12. The topological polar surface area (TPSA) is 173 Å². The minimum atomic E-state index is -3.98. The molecule has 6 aliphatic rings. The van der Waals surface area contributed by atoms with Crippen molar-refractivity contribution >= 4 is 56.3 Å². The molecule has 3 saturated carbocycles. The number of sulfonamides is 1. The summed E-state index contributed by atoms with van der Waals surface area (Å²) in [5, 5.41) is 7.27. The summed E-state index contributed by atoms with van der Waals surface area (Å²) in [5.74, 6) is -1.60. The lowest BCUT2D eigenvalue weighted by Gasteiger charge is -2.36. The lowest BCUT2D eigenvalue weighted by atomic mass is 9.87. The number of halogens is 1. The van der Waals surface area contributed by atoms with E-state index in [9.17, 15) is 27.6 Å². The predicted molar refractivity (Wildman–Crippen MR) is 200 cm³/mol. The van der Waals surface area contributed by atoms with Gasteiger partial charge in [-0.05, 0) is 96.6 Å². The number of alkyl carbamates (subject to hydrolysis) is 1. The van der Waals surface area contributed by atoms with Gasteiger partial charge in [0.25, 0.3) is 5.91 Å². The number of allylic oxidation sites excluding steroid dienone is 1. The number of aromatic nitrogens is 1. The smallest absolute Gasteiger partial charge is 0.408 e. The summed E-state index contributed by atoms with van der Waals surface area (Å²) in [6.45, 7) is 3.52. The fraction of sp³-hybridized carbons (Fsp3) is 0.615. The molecule has 54 heavy (non-hydrogen) atoms. The third kappa shape index (κ3) is 6.82. The summed E-state index contributed by atoms with van der Waals surface area (Å²) < 4.78 is 40.1. The van der Waals surface area contributed by atoms with Gasteiger partial charge >= 0.3 is 6.09 Å². The van der Waals surface area contributed by atoms with Crippen LogP contribution in [0.25, 0.3) is 10.9 Å². The predicted octanol–water partition coefficient (Wildman–Crippen LogP) is 4.90. The normalized spacial score (nSPS) is 31.3. The van der Waals surface area contributed by atoms with E-state index in [4.69, 9.17) is 26.1 Å². The highest BCUT2D eigenvalue weighted by Crippen LogP contribution is 2.49. The summed E-state index contributed by atoms with van der Waals surface area (Å²) >= 11 is 6.28. The van der Waals surface area contributed by atoms with Crippen LogP contribution in [-0.2, 0) is 35.6 Å². The van der Waals surface area contributed by atoms with Crippen LogP contribution in [0.1, 0.15) is 102 Å². The molecule has 1 aromatic carbocycles. The minimum absolute atomic E-state index is 0.0621. The van der Waals surface area contributed by atoms with Crippen LogP contribution >= 0.6 is 11.6 Å². The lowest BCUT2D eigenvalue weighted by Crippen LogP contribution is -2.58. The molecule has 4 fully saturated rings. The molecule has 3 N–H and O–H groups in total. The lowest BCUT2D eigenvalue weighted by molar-refractivity contribution is -0.141. The van der Waals surface area contributed by atoms with Crippen molar-refractivity contribution in [3.05, 3.63) is 46.6 Å².